The van der Waals surface area contributed by atoms with Crippen LogP contribution in [0.25, 0.3) is 0 Å². The van der Waals surface area contributed by atoms with Gasteiger partial charge in [0.25, 0.3) is 0 Å². The van der Waals surface area contributed by atoms with Gasteiger partial charge in [-0.2, -0.15) is 0 Å². The lowest BCUT2D eigenvalue weighted by Crippen LogP contribution is -2.47. The topological polar surface area (TPSA) is 41.1 Å². The third kappa shape index (κ3) is 3.66. The van der Waals surface area contributed by atoms with Crippen LogP contribution in [-0.4, -0.2) is 27.1 Å². The van der Waals surface area contributed by atoms with Crippen molar-refractivity contribution in [3.63, 3.8) is 0 Å². The average molecular weight is 327 g/mol. The molecule has 106 valence electrons. The summed E-state index contributed by atoms with van der Waals surface area (Å²) in [7, 11) is 0. The number of nitrogens with zero attached hydrogens (tertiary/aromatic N) is 3. The van der Waals surface area contributed by atoms with Gasteiger partial charge >= 0.3 is 0 Å². The van der Waals surface area contributed by atoms with Gasteiger partial charge in [-0.15, -0.1) is 0 Å². The molecule has 0 spiro atoms. The van der Waals surface area contributed by atoms with Crippen molar-refractivity contribution in [1.29, 1.82) is 0 Å². The van der Waals surface area contributed by atoms with Crippen molar-refractivity contribution in [1.82, 2.24) is 15.0 Å². The second-order valence-electron chi connectivity index (χ2n) is 5.74. The fourth-order valence-corrected chi connectivity index (χ4v) is 2.92. The molecule has 2 rings (SSSR count). The van der Waals surface area contributed by atoms with Crippen molar-refractivity contribution in [2.75, 3.05) is 5.43 Å². The molecular formula is C14H23BrN4. The molecule has 5 heteroatoms. The van der Waals surface area contributed by atoms with Crippen LogP contribution in [0.2, 0.25) is 0 Å². The Labute approximate surface area is 124 Å². The summed E-state index contributed by atoms with van der Waals surface area (Å²) in [4.78, 5) is 9.01. The SMILES string of the molecule is CC(C)c1nc(Br)cc(NN2C(C)CCCC2C)n1. The highest BCUT2D eigenvalue weighted by atomic mass is 79.9. The van der Waals surface area contributed by atoms with E-state index in [-0.39, 0.29) is 0 Å². The first-order valence-electron chi connectivity index (χ1n) is 7.07. The maximum Gasteiger partial charge on any atom is 0.145 e. The van der Waals surface area contributed by atoms with Crippen molar-refractivity contribution in [3.8, 4) is 0 Å². The molecule has 2 heterocycles. The van der Waals surface area contributed by atoms with E-state index in [1.165, 1.54) is 19.3 Å². The number of hydrogen-bond acceptors (Lipinski definition) is 4. The molecule has 1 aliphatic heterocycles. The number of nitrogens with one attached hydrogen (secondary N) is 1. The van der Waals surface area contributed by atoms with E-state index in [4.69, 9.17) is 0 Å². The summed E-state index contributed by atoms with van der Waals surface area (Å²) in [5.74, 6) is 2.08. The Balaban J connectivity index is 2.17. The summed E-state index contributed by atoms with van der Waals surface area (Å²) in [6.45, 7) is 8.75. The van der Waals surface area contributed by atoms with E-state index in [0.29, 0.717) is 18.0 Å². The minimum atomic E-state index is 0.328. The van der Waals surface area contributed by atoms with Crippen molar-refractivity contribution in [2.45, 2.75) is 65.0 Å². The van der Waals surface area contributed by atoms with Gasteiger partial charge in [0.15, 0.2) is 0 Å². The lowest BCUT2D eigenvalue weighted by Gasteiger charge is -2.39. The zero-order valence-electron chi connectivity index (χ0n) is 12.2. The molecule has 0 aromatic carbocycles. The van der Waals surface area contributed by atoms with Crippen molar-refractivity contribution in [3.05, 3.63) is 16.5 Å². The lowest BCUT2D eigenvalue weighted by atomic mass is 10.00. The molecule has 0 amide bonds. The average Bonchev–Trinajstić information content (AvgIpc) is 2.33. The van der Waals surface area contributed by atoms with Gasteiger partial charge in [0.05, 0.1) is 0 Å². The highest BCUT2D eigenvalue weighted by Gasteiger charge is 2.25. The molecule has 1 saturated heterocycles. The van der Waals surface area contributed by atoms with Gasteiger partial charge < -0.3 is 5.43 Å². The number of piperidine rings is 1. The summed E-state index contributed by atoms with van der Waals surface area (Å²) < 4.78 is 0.839. The first-order chi connectivity index (χ1) is 8.97. The van der Waals surface area contributed by atoms with Crippen LogP contribution in [0.3, 0.4) is 0 Å². The second-order valence-corrected chi connectivity index (χ2v) is 6.55. The van der Waals surface area contributed by atoms with Crippen molar-refractivity contribution >= 4 is 21.7 Å². The Morgan fingerprint density at radius 2 is 1.89 bits per heavy atom. The summed E-state index contributed by atoms with van der Waals surface area (Å²) in [5, 5.41) is 2.32. The normalized spacial score (nSPS) is 24.7. The predicted molar refractivity (Wildman–Crippen MR) is 82.1 cm³/mol. The fourth-order valence-electron chi connectivity index (χ4n) is 2.52. The molecule has 1 N–H and O–H groups in total. The van der Waals surface area contributed by atoms with Crippen LogP contribution >= 0.6 is 15.9 Å². The van der Waals surface area contributed by atoms with E-state index in [1.54, 1.807) is 0 Å². The van der Waals surface area contributed by atoms with Gasteiger partial charge in [-0.05, 0) is 42.6 Å². The Hall–Kier alpha value is -0.680. The molecule has 2 unspecified atom stereocenters. The Bertz CT molecular complexity index is 425. The molecule has 1 aliphatic rings. The number of anilines is 1. The highest BCUT2D eigenvalue weighted by Crippen LogP contribution is 2.24. The summed E-state index contributed by atoms with van der Waals surface area (Å²) in [6.07, 6.45) is 3.78. The minimum Gasteiger partial charge on any atom is -0.302 e. The maximum absolute atomic E-state index is 4.60. The highest BCUT2D eigenvalue weighted by molar-refractivity contribution is 9.10. The van der Waals surface area contributed by atoms with E-state index in [1.807, 2.05) is 6.07 Å². The first-order valence-corrected chi connectivity index (χ1v) is 7.86. The van der Waals surface area contributed by atoms with Gasteiger partial charge in [0.1, 0.15) is 16.2 Å². The monoisotopic (exact) mass is 326 g/mol. The Morgan fingerprint density at radius 3 is 2.47 bits per heavy atom. The quantitative estimate of drug-likeness (QED) is 0.854. The Kier molecular flexibility index (Phi) is 4.79. The molecule has 1 aromatic heterocycles. The predicted octanol–water partition coefficient (Wildman–Crippen LogP) is 3.95. The van der Waals surface area contributed by atoms with Crippen LogP contribution in [0, 0.1) is 0 Å². The lowest BCUT2D eigenvalue weighted by molar-refractivity contribution is 0.135. The molecular weight excluding hydrogens is 304 g/mol. The molecule has 1 aromatic rings. The smallest absolute Gasteiger partial charge is 0.145 e. The largest absolute Gasteiger partial charge is 0.302 e. The Morgan fingerprint density at radius 1 is 1.26 bits per heavy atom. The van der Waals surface area contributed by atoms with Crippen LogP contribution in [0.4, 0.5) is 5.82 Å². The number of aromatic nitrogens is 2. The number of rotatable bonds is 3. The fraction of sp³-hybridized carbons (Fsp3) is 0.714. The van der Waals surface area contributed by atoms with Crippen LogP contribution in [-0.2, 0) is 0 Å². The van der Waals surface area contributed by atoms with Crippen molar-refractivity contribution in [2.24, 2.45) is 0 Å². The summed E-state index contributed by atoms with van der Waals surface area (Å²) in [6, 6.07) is 3.03. The summed E-state index contributed by atoms with van der Waals surface area (Å²) in [5.41, 5.74) is 3.47. The molecule has 0 radical (unpaired) electrons. The molecule has 4 nitrogen and oxygen atoms in total. The zero-order chi connectivity index (χ0) is 14.0. The minimum absolute atomic E-state index is 0.328. The molecule has 0 bridgehead atoms. The number of hydrazine groups is 1. The number of halogens is 1. The van der Waals surface area contributed by atoms with Gasteiger partial charge in [-0.3, -0.25) is 0 Å². The van der Waals surface area contributed by atoms with E-state index < -0.39 is 0 Å². The van der Waals surface area contributed by atoms with E-state index >= 15 is 0 Å². The standard InChI is InChI=1S/C14H23BrN4/c1-9(2)14-16-12(15)8-13(17-14)18-19-10(3)6-5-7-11(19)4/h8-11H,5-7H2,1-4H3,(H,16,17,18). The zero-order valence-corrected chi connectivity index (χ0v) is 13.7. The van der Waals surface area contributed by atoms with E-state index in [2.05, 4.69) is 64.0 Å². The molecule has 19 heavy (non-hydrogen) atoms. The van der Waals surface area contributed by atoms with Crippen molar-refractivity contribution < 1.29 is 0 Å². The molecule has 0 aliphatic carbocycles. The summed E-state index contributed by atoms with van der Waals surface area (Å²) >= 11 is 3.47. The van der Waals surface area contributed by atoms with Gasteiger partial charge in [-0.1, -0.05) is 20.3 Å². The van der Waals surface area contributed by atoms with Crippen LogP contribution in [0.1, 0.15) is 58.7 Å². The van der Waals surface area contributed by atoms with Crippen LogP contribution < -0.4 is 5.43 Å². The molecule has 0 saturated carbocycles. The third-order valence-corrected chi connectivity index (χ3v) is 4.07. The number of hydrogen-bond donors (Lipinski definition) is 1. The second kappa shape index (κ2) is 6.18. The van der Waals surface area contributed by atoms with Gasteiger partial charge in [0.2, 0.25) is 0 Å². The molecule has 2 atom stereocenters. The van der Waals surface area contributed by atoms with Gasteiger partial charge in [-0.25, -0.2) is 15.0 Å². The van der Waals surface area contributed by atoms with Gasteiger partial charge in [0, 0.05) is 24.1 Å². The van der Waals surface area contributed by atoms with Crippen LogP contribution in [0.15, 0.2) is 10.7 Å². The van der Waals surface area contributed by atoms with E-state index in [0.717, 1.165) is 16.2 Å². The van der Waals surface area contributed by atoms with E-state index in [9.17, 15) is 0 Å². The third-order valence-electron chi connectivity index (χ3n) is 3.67. The maximum atomic E-state index is 4.60. The molecule has 1 fully saturated rings. The van der Waals surface area contributed by atoms with Crippen LogP contribution in [0.5, 0.6) is 0 Å². The first kappa shape index (κ1) is 14.7.